The lowest BCUT2D eigenvalue weighted by molar-refractivity contribution is -0.145. The average Bonchev–Trinajstić information content (AvgIpc) is 2.21. The van der Waals surface area contributed by atoms with Crippen LogP contribution in [0.2, 0.25) is 0 Å². The quantitative estimate of drug-likeness (QED) is 0.606. The van der Waals surface area contributed by atoms with Crippen molar-refractivity contribution >= 4 is 11.8 Å². The lowest BCUT2D eigenvalue weighted by atomic mass is 10.2. The van der Waals surface area contributed by atoms with Crippen molar-refractivity contribution in [2.24, 2.45) is 5.73 Å². The molecule has 1 atom stereocenters. The van der Waals surface area contributed by atoms with E-state index in [0.29, 0.717) is 13.1 Å². The summed E-state index contributed by atoms with van der Waals surface area (Å²) in [5.74, 6) is -0.280. The van der Waals surface area contributed by atoms with Gasteiger partial charge < -0.3 is 20.3 Å². The molecule has 1 heterocycles. The third-order valence-corrected chi connectivity index (χ3v) is 2.43. The van der Waals surface area contributed by atoms with Gasteiger partial charge in [-0.05, 0) is 0 Å². The van der Waals surface area contributed by atoms with Crippen LogP contribution >= 0.6 is 0 Å². The predicted octanol–water partition coefficient (Wildman–Crippen LogP) is -1.74. The van der Waals surface area contributed by atoms with Gasteiger partial charge in [-0.2, -0.15) is 0 Å². The Morgan fingerprint density at radius 1 is 1.60 bits per heavy atom. The average molecular weight is 215 g/mol. The number of ether oxygens (including phenoxy) is 1. The number of amides is 2. The summed E-state index contributed by atoms with van der Waals surface area (Å²) < 4.78 is 4.80. The Labute approximate surface area is 88.9 Å². The summed E-state index contributed by atoms with van der Waals surface area (Å²) in [5.41, 5.74) is 5.60. The monoisotopic (exact) mass is 215 g/mol. The van der Waals surface area contributed by atoms with E-state index in [2.05, 4.69) is 0 Å². The van der Waals surface area contributed by atoms with Gasteiger partial charge in [0.05, 0.1) is 13.2 Å². The maximum absolute atomic E-state index is 11.7. The first-order valence-corrected chi connectivity index (χ1v) is 4.83. The Morgan fingerprint density at radius 2 is 2.27 bits per heavy atom. The first-order chi connectivity index (χ1) is 7.06. The van der Waals surface area contributed by atoms with E-state index in [-0.39, 0.29) is 25.0 Å². The maximum atomic E-state index is 11.7. The van der Waals surface area contributed by atoms with Crippen molar-refractivity contribution < 1.29 is 14.3 Å². The number of methoxy groups -OCH3 is 1. The molecular weight excluding hydrogens is 198 g/mol. The fourth-order valence-electron chi connectivity index (χ4n) is 1.43. The Balaban J connectivity index is 2.50. The highest BCUT2D eigenvalue weighted by Crippen LogP contribution is 2.02. The number of nitrogens with zero attached hydrogens (tertiary/aromatic N) is 2. The molecule has 1 unspecified atom stereocenters. The molecule has 6 nitrogen and oxygen atoms in total. The molecule has 0 aliphatic carbocycles. The van der Waals surface area contributed by atoms with Crippen LogP contribution in [0.15, 0.2) is 0 Å². The molecule has 6 heteroatoms. The molecule has 1 rings (SSSR count). The summed E-state index contributed by atoms with van der Waals surface area (Å²) in [6.07, 6.45) is 0. The van der Waals surface area contributed by atoms with Gasteiger partial charge in [-0.25, -0.2) is 0 Å². The molecule has 2 amide bonds. The van der Waals surface area contributed by atoms with Gasteiger partial charge in [0.15, 0.2) is 0 Å². The minimum atomic E-state index is -0.675. The lowest BCUT2D eigenvalue weighted by Gasteiger charge is -2.33. The number of hydrogen-bond acceptors (Lipinski definition) is 4. The van der Waals surface area contributed by atoms with E-state index in [0.717, 1.165) is 0 Å². The van der Waals surface area contributed by atoms with Crippen LogP contribution in [-0.4, -0.2) is 68.1 Å². The van der Waals surface area contributed by atoms with E-state index in [9.17, 15) is 9.59 Å². The van der Waals surface area contributed by atoms with Gasteiger partial charge in [-0.15, -0.1) is 0 Å². The molecule has 0 aromatic rings. The standard InChI is InChI=1S/C9H17N3O3/c1-11-3-4-12(5-8(11)13)9(14)7(10)6-15-2/h7H,3-6,10H2,1-2H3. The highest BCUT2D eigenvalue weighted by Gasteiger charge is 2.27. The van der Waals surface area contributed by atoms with Crippen molar-refractivity contribution in [3.8, 4) is 0 Å². The molecule has 15 heavy (non-hydrogen) atoms. The zero-order valence-corrected chi connectivity index (χ0v) is 9.10. The van der Waals surface area contributed by atoms with Crippen LogP contribution in [0.3, 0.4) is 0 Å². The molecule has 1 fully saturated rings. The fraction of sp³-hybridized carbons (Fsp3) is 0.778. The van der Waals surface area contributed by atoms with E-state index in [1.165, 1.54) is 12.0 Å². The summed E-state index contributed by atoms with van der Waals surface area (Å²) in [5, 5.41) is 0. The van der Waals surface area contributed by atoms with Crippen molar-refractivity contribution in [1.29, 1.82) is 0 Å². The molecule has 0 aromatic carbocycles. The molecule has 86 valence electrons. The normalized spacial score (nSPS) is 19.3. The second-order valence-electron chi connectivity index (χ2n) is 3.64. The van der Waals surface area contributed by atoms with Crippen LogP contribution in [0.5, 0.6) is 0 Å². The number of carbonyl (C=O) groups is 2. The van der Waals surface area contributed by atoms with Crippen molar-refractivity contribution in [3.05, 3.63) is 0 Å². The molecule has 0 aromatic heterocycles. The highest BCUT2D eigenvalue weighted by atomic mass is 16.5. The summed E-state index contributed by atoms with van der Waals surface area (Å²) in [4.78, 5) is 26.1. The molecular formula is C9H17N3O3. The van der Waals surface area contributed by atoms with Crippen molar-refractivity contribution in [3.63, 3.8) is 0 Å². The van der Waals surface area contributed by atoms with Crippen LogP contribution in [0.1, 0.15) is 0 Å². The molecule has 1 saturated heterocycles. The third kappa shape index (κ3) is 2.90. The smallest absolute Gasteiger partial charge is 0.242 e. The van der Waals surface area contributed by atoms with E-state index < -0.39 is 6.04 Å². The summed E-state index contributed by atoms with van der Waals surface area (Å²) in [7, 11) is 3.21. The van der Waals surface area contributed by atoms with Gasteiger partial charge in [-0.3, -0.25) is 9.59 Å². The number of hydrogen-bond donors (Lipinski definition) is 1. The van der Waals surface area contributed by atoms with Crippen LogP contribution in [-0.2, 0) is 14.3 Å². The molecule has 0 saturated carbocycles. The molecule has 0 spiro atoms. The number of likely N-dealkylation sites (N-methyl/N-ethyl adjacent to an activating group) is 1. The number of piperazine rings is 1. The summed E-state index contributed by atoms with van der Waals surface area (Å²) in [6.45, 7) is 1.40. The molecule has 1 aliphatic rings. The van der Waals surface area contributed by atoms with Gasteiger partial charge in [0.2, 0.25) is 11.8 Å². The minimum Gasteiger partial charge on any atom is -0.383 e. The molecule has 2 N–H and O–H groups in total. The Kier molecular flexibility index (Phi) is 4.05. The maximum Gasteiger partial charge on any atom is 0.242 e. The predicted molar refractivity (Wildman–Crippen MR) is 54.1 cm³/mol. The number of carbonyl (C=O) groups excluding carboxylic acids is 2. The van der Waals surface area contributed by atoms with Gasteiger partial charge in [-0.1, -0.05) is 0 Å². The van der Waals surface area contributed by atoms with Crippen LogP contribution in [0, 0.1) is 0 Å². The van der Waals surface area contributed by atoms with E-state index in [1.54, 1.807) is 11.9 Å². The van der Waals surface area contributed by atoms with Crippen molar-refractivity contribution in [2.75, 3.05) is 40.4 Å². The summed E-state index contributed by atoms with van der Waals surface area (Å²) in [6, 6.07) is -0.675. The van der Waals surface area contributed by atoms with Crippen molar-refractivity contribution in [2.45, 2.75) is 6.04 Å². The number of rotatable bonds is 3. The molecule has 0 radical (unpaired) electrons. The zero-order valence-electron chi connectivity index (χ0n) is 9.10. The molecule has 1 aliphatic heterocycles. The van der Waals surface area contributed by atoms with E-state index in [4.69, 9.17) is 10.5 Å². The SMILES string of the molecule is COCC(N)C(=O)N1CCN(C)C(=O)C1. The first kappa shape index (κ1) is 11.9. The van der Waals surface area contributed by atoms with Gasteiger partial charge in [0, 0.05) is 27.2 Å². The second-order valence-corrected chi connectivity index (χ2v) is 3.64. The zero-order chi connectivity index (χ0) is 11.4. The summed E-state index contributed by atoms with van der Waals surface area (Å²) >= 11 is 0. The van der Waals surface area contributed by atoms with E-state index >= 15 is 0 Å². The van der Waals surface area contributed by atoms with Crippen LogP contribution < -0.4 is 5.73 Å². The topological polar surface area (TPSA) is 75.9 Å². The fourth-order valence-corrected chi connectivity index (χ4v) is 1.43. The van der Waals surface area contributed by atoms with Crippen molar-refractivity contribution in [1.82, 2.24) is 9.80 Å². The highest BCUT2D eigenvalue weighted by molar-refractivity contribution is 5.88. The molecule has 0 bridgehead atoms. The Bertz CT molecular complexity index is 257. The lowest BCUT2D eigenvalue weighted by Crippen LogP contribution is -2.55. The van der Waals surface area contributed by atoms with Crippen LogP contribution in [0.25, 0.3) is 0 Å². The van der Waals surface area contributed by atoms with Gasteiger partial charge >= 0.3 is 0 Å². The number of nitrogens with two attached hydrogens (primary N) is 1. The van der Waals surface area contributed by atoms with E-state index in [1.807, 2.05) is 0 Å². The second kappa shape index (κ2) is 5.09. The Hall–Kier alpha value is -1.14. The largest absolute Gasteiger partial charge is 0.383 e. The van der Waals surface area contributed by atoms with Gasteiger partial charge in [0.25, 0.3) is 0 Å². The van der Waals surface area contributed by atoms with Gasteiger partial charge in [0.1, 0.15) is 6.04 Å². The third-order valence-electron chi connectivity index (χ3n) is 2.43. The van der Waals surface area contributed by atoms with Crippen LogP contribution in [0.4, 0.5) is 0 Å². The minimum absolute atomic E-state index is 0.0563. The first-order valence-electron chi connectivity index (χ1n) is 4.83. The Morgan fingerprint density at radius 3 is 2.80 bits per heavy atom.